The molecule has 3 rings (SSSR count). The zero-order valence-corrected chi connectivity index (χ0v) is 12.9. The van der Waals surface area contributed by atoms with Gasteiger partial charge in [0.25, 0.3) is 0 Å². The van der Waals surface area contributed by atoms with Crippen LogP contribution in [0.5, 0.6) is 0 Å². The number of amides is 1. The molecule has 0 aliphatic heterocycles. The second-order valence-corrected chi connectivity index (χ2v) is 5.28. The molecule has 1 unspecified atom stereocenters. The minimum absolute atomic E-state index is 0.185. The maximum absolute atomic E-state index is 12.9. The number of nitriles is 1. The highest BCUT2D eigenvalue weighted by Gasteiger charge is 2.23. The van der Waals surface area contributed by atoms with Gasteiger partial charge in [-0.1, -0.05) is 42.5 Å². The first-order valence-corrected chi connectivity index (χ1v) is 7.55. The van der Waals surface area contributed by atoms with Crippen molar-refractivity contribution in [2.45, 2.75) is 5.92 Å². The summed E-state index contributed by atoms with van der Waals surface area (Å²) in [4.78, 5) is 17.2. The van der Waals surface area contributed by atoms with Crippen LogP contribution in [0.2, 0.25) is 0 Å². The maximum atomic E-state index is 12.9. The summed E-state index contributed by atoms with van der Waals surface area (Å²) >= 11 is 0. The van der Waals surface area contributed by atoms with Crippen molar-refractivity contribution in [3.05, 3.63) is 95.8 Å². The Hall–Kier alpha value is -3.45. The van der Waals surface area contributed by atoms with E-state index in [0.29, 0.717) is 16.9 Å². The molecular weight excluding hydrogens is 298 g/mol. The molecule has 0 aliphatic rings. The number of carbonyl (C=O) groups is 1. The van der Waals surface area contributed by atoms with E-state index in [9.17, 15) is 4.79 Å². The van der Waals surface area contributed by atoms with Gasteiger partial charge in [-0.05, 0) is 35.9 Å². The Bertz CT molecular complexity index is 831. The summed E-state index contributed by atoms with van der Waals surface area (Å²) in [5.41, 5.74) is 2.64. The number of benzene rings is 2. The minimum atomic E-state index is -0.516. The SMILES string of the molecule is N#Cc1cccc(NC(=O)C(c2ccccc2)c2ccccn2)c1. The number of aromatic nitrogens is 1. The molecule has 1 heterocycles. The Morgan fingerprint density at radius 1 is 1.00 bits per heavy atom. The van der Waals surface area contributed by atoms with Gasteiger partial charge in [0.15, 0.2) is 0 Å². The molecule has 4 heteroatoms. The van der Waals surface area contributed by atoms with E-state index in [1.54, 1.807) is 30.5 Å². The quantitative estimate of drug-likeness (QED) is 0.798. The summed E-state index contributed by atoms with van der Waals surface area (Å²) in [6.45, 7) is 0. The first-order chi connectivity index (χ1) is 11.8. The normalized spacial score (nSPS) is 11.3. The molecule has 0 spiro atoms. The van der Waals surface area contributed by atoms with Gasteiger partial charge in [-0.25, -0.2) is 0 Å². The smallest absolute Gasteiger partial charge is 0.237 e. The molecule has 0 saturated carbocycles. The Balaban J connectivity index is 1.94. The van der Waals surface area contributed by atoms with Gasteiger partial charge in [-0.15, -0.1) is 0 Å². The van der Waals surface area contributed by atoms with Gasteiger partial charge >= 0.3 is 0 Å². The molecule has 0 saturated heterocycles. The van der Waals surface area contributed by atoms with Crippen molar-refractivity contribution in [2.75, 3.05) is 5.32 Å². The van der Waals surface area contributed by atoms with Gasteiger partial charge < -0.3 is 5.32 Å². The summed E-state index contributed by atoms with van der Waals surface area (Å²) in [6.07, 6.45) is 1.68. The van der Waals surface area contributed by atoms with Crippen molar-refractivity contribution in [3.8, 4) is 6.07 Å². The van der Waals surface area contributed by atoms with Crippen molar-refractivity contribution in [1.82, 2.24) is 4.98 Å². The van der Waals surface area contributed by atoms with Gasteiger partial charge in [-0.2, -0.15) is 5.26 Å². The van der Waals surface area contributed by atoms with Crippen molar-refractivity contribution in [2.24, 2.45) is 0 Å². The average Bonchev–Trinajstić information content (AvgIpc) is 2.64. The first kappa shape index (κ1) is 15.4. The summed E-state index contributed by atoms with van der Waals surface area (Å²) in [5.74, 6) is -0.701. The number of nitrogens with one attached hydrogen (secondary N) is 1. The van der Waals surface area contributed by atoms with Crippen LogP contribution >= 0.6 is 0 Å². The minimum Gasteiger partial charge on any atom is -0.325 e. The topological polar surface area (TPSA) is 65.8 Å². The number of pyridine rings is 1. The number of hydrogen-bond donors (Lipinski definition) is 1. The second-order valence-electron chi connectivity index (χ2n) is 5.28. The van der Waals surface area contributed by atoms with E-state index in [4.69, 9.17) is 5.26 Å². The molecule has 1 atom stereocenters. The molecule has 24 heavy (non-hydrogen) atoms. The zero-order chi connectivity index (χ0) is 16.8. The standard InChI is InChI=1S/C20H15N3O/c21-14-15-7-6-10-17(13-15)23-20(24)19(16-8-2-1-3-9-16)18-11-4-5-12-22-18/h1-13,19H,(H,23,24). The predicted octanol–water partition coefficient (Wildman–Crippen LogP) is 3.72. The zero-order valence-electron chi connectivity index (χ0n) is 12.9. The molecular formula is C20H15N3O. The van der Waals surface area contributed by atoms with E-state index in [-0.39, 0.29) is 5.91 Å². The van der Waals surface area contributed by atoms with Crippen LogP contribution in [-0.4, -0.2) is 10.9 Å². The molecule has 0 bridgehead atoms. The van der Waals surface area contributed by atoms with Crippen LogP contribution in [0, 0.1) is 11.3 Å². The highest BCUT2D eigenvalue weighted by Crippen LogP contribution is 2.25. The van der Waals surface area contributed by atoms with E-state index < -0.39 is 5.92 Å². The van der Waals surface area contributed by atoms with Gasteiger partial charge in [0.05, 0.1) is 17.3 Å². The first-order valence-electron chi connectivity index (χ1n) is 7.55. The van der Waals surface area contributed by atoms with Gasteiger partial charge in [0, 0.05) is 11.9 Å². The van der Waals surface area contributed by atoms with E-state index in [2.05, 4.69) is 16.4 Å². The third-order valence-electron chi connectivity index (χ3n) is 3.64. The van der Waals surface area contributed by atoms with Crippen molar-refractivity contribution >= 4 is 11.6 Å². The molecule has 0 fully saturated rings. The Morgan fingerprint density at radius 3 is 2.50 bits per heavy atom. The summed E-state index contributed by atoms with van der Waals surface area (Å²) in [6, 6.07) is 24.0. The van der Waals surface area contributed by atoms with Crippen molar-refractivity contribution in [3.63, 3.8) is 0 Å². The molecule has 2 aromatic carbocycles. The molecule has 116 valence electrons. The van der Waals surface area contributed by atoms with Crippen LogP contribution in [0.25, 0.3) is 0 Å². The Labute approximate surface area is 140 Å². The highest BCUT2D eigenvalue weighted by atomic mass is 16.1. The third-order valence-corrected chi connectivity index (χ3v) is 3.64. The molecule has 0 radical (unpaired) electrons. The fourth-order valence-electron chi connectivity index (χ4n) is 2.53. The lowest BCUT2D eigenvalue weighted by Crippen LogP contribution is -2.23. The fraction of sp³-hybridized carbons (Fsp3) is 0.0500. The van der Waals surface area contributed by atoms with E-state index in [0.717, 1.165) is 5.56 Å². The summed E-state index contributed by atoms with van der Waals surface area (Å²) in [7, 11) is 0. The molecule has 0 aliphatic carbocycles. The second kappa shape index (κ2) is 7.21. The largest absolute Gasteiger partial charge is 0.325 e. The number of carbonyl (C=O) groups excluding carboxylic acids is 1. The maximum Gasteiger partial charge on any atom is 0.237 e. The van der Waals surface area contributed by atoms with Gasteiger partial charge in [-0.3, -0.25) is 9.78 Å². The Morgan fingerprint density at radius 2 is 1.79 bits per heavy atom. The third kappa shape index (κ3) is 3.47. The highest BCUT2D eigenvalue weighted by molar-refractivity contribution is 5.98. The van der Waals surface area contributed by atoms with E-state index >= 15 is 0 Å². The number of rotatable bonds is 4. The molecule has 1 N–H and O–H groups in total. The lowest BCUT2D eigenvalue weighted by molar-refractivity contribution is -0.116. The number of nitrogens with zero attached hydrogens (tertiary/aromatic N) is 2. The molecule has 1 amide bonds. The summed E-state index contributed by atoms with van der Waals surface area (Å²) < 4.78 is 0. The molecule has 3 aromatic rings. The van der Waals surface area contributed by atoms with E-state index in [1.807, 2.05) is 48.5 Å². The van der Waals surface area contributed by atoms with Gasteiger partial charge in [0.2, 0.25) is 5.91 Å². The summed E-state index contributed by atoms with van der Waals surface area (Å²) in [5, 5.41) is 11.9. The Kier molecular flexibility index (Phi) is 4.64. The fourth-order valence-corrected chi connectivity index (χ4v) is 2.53. The number of hydrogen-bond acceptors (Lipinski definition) is 3. The van der Waals surface area contributed by atoms with Crippen molar-refractivity contribution in [1.29, 1.82) is 5.26 Å². The molecule has 4 nitrogen and oxygen atoms in total. The van der Waals surface area contributed by atoms with Crippen LogP contribution in [0.4, 0.5) is 5.69 Å². The lowest BCUT2D eigenvalue weighted by Gasteiger charge is -2.17. The average molecular weight is 313 g/mol. The lowest BCUT2D eigenvalue weighted by atomic mass is 9.94. The predicted molar refractivity (Wildman–Crippen MR) is 92.3 cm³/mol. The van der Waals surface area contributed by atoms with Crippen LogP contribution < -0.4 is 5.32 Å². The van der Waals surface area contributed by atoms with Crippen LogP contribution in [-0.2, 0) is 4.79 Å². The molecule has 1 aromatic heterocycles. The van der Waals surface area contributed by atoms with Crippen LogP contribution in [0.3, 0.4) is 0 Å². The van der Waals surface area contributed by atoms with Crippen LogP contribution in [0.1, 0.15) is 22.7 Å². The van der Waals surface area contributed by atoms with E-state index in [1.165, 1.54) is 0 Å². The van der Waals surface area contributed by atoms with Gasteiger partial charge in [0.1, 0.15) is 5.92 Å². The number of anilines is 1. The van der Waals surface area contributed by atoms with Crippen LogP contribution in [0.15, 0.2) is 79.0 Å². The van der Waals surface area contributed by atoms with Crippen molar-refractivity contribution < 1.29 is 4.79 Å². The monoisotopic (exact) mass is 313 g/mol.